The summed E-state index contributed by atoms with van der Waals surface area (Å²) in [5, 5.41) is 6.10. The van der Waals surface area contributed by atoms with Gasteiger partial charge in [0, 0.05) is 11.8 Å². The Kier molecular flexibility index (Phi) is 8.77. The molecule has 0 heterocycles. The number of hydrogen-bond acceptors (Lipinski definition) is 4. The molecule has 0 atom stereocenters. The summed E-state index contributed by atoms with van der Waals surface area (Å²) in [7, 11) is 0. The molecule has 0 saturated carbocycles. The van der Waals surface area contributed by atoms with Gasteiger partial charge in [0.25, 0.3) is 0 Å². The molecule has 35 heavy (non-hydrogen) atoms. The van der Waals surface area contributed by atoms with E-state index in [-0.39, 0.29) is 12.5 Å². The van der Waals surface area contributed by atoms with Gasteiger partial charge < -0.3 is 20.1 Å². The molecule has 0 saturated heterocycles. The number of carbonyl (C=O) groups excluding carboxylic acids is 1. The van der Waals surface area contributed by atoms with Gasteiger partial charge in [0.1, 0.15) is 18.1 Å². The monoisotopic (exact) mass is 466 g/mol. The zero-order chi connectivity index (χ0) is 24.1. The summed E-state index contributed by atoms with van der Waals surface area (Å²) in [4.78, 5) is 12.5. The minimum absolute atomic E-state index is 0.119. The van der Waals surface area contributed by atoms with Gasteiger partial charge in [0.05, 0.1) is 18.8 Å². The molecule has 0 spiro atoms. The van der Waals surface area contributed by atoms with Crippen LogP contribution in [0.25, 0.3) is 0 Å². The number of anilines is 2. The van der Waals surface area contributed by atoms with Gasteiger partial charge in [-0.05, 0) is 48.2 Å². The number of benzene rings is 4. The Morgan fingerprint density at radius 1 is 0.714 bits per heavy atom. The number of ether oxygens (including phenoxy) is 2. The van der Waals surface area contributed by atoms with Gasteiger partial charge in [-0.25, -0.2) is 0 Å². The molecule has 0 aliphatic rings. The van der Waals surface area contributed by atoms with E-state index < -0.39 is 0 Å². The molecule has 178 valence electrons. The second-order valence-corrected chi connectivity index (χ2v) is 8.14. The summed E-state index contributed by atoms with van der Waals surface area (Å²) in [6.07, 6.45) is 1.90. The van der Waals surface area contributed by atoms with Crippen molar-refractivity contribution in [1.29, 1.82) is 0 Å². The van der Waals surface area contributed by atoms with Crippen LogP contribution >= 0.6 is 0 Å². The lowest BCUT2D eigenvalue weighted by atomic mass is 10.1. The van der Waals surface area contributed by atoms with Crippen LogP contribution in [0.15, 0.2) is 109 Å². The molecule has 1 amide bonds. The highest BCUT2D eigenvalue weighted by Crippen LogP contribution is 2.25. The van der Waals surface area contributed by atoms with Crippen LogP contribution in [0.5, 0.6) is 11.5 Å². The van der Waals surface area contributed by atoms with Gasteiger partial charge in [0.15, 0.2) is 0 Å². The first-order valence-corrected chi connectivity index (χ1v) is 11.8. The number of hydrogen-bond donors (Lipinski definition) is 2. The average molecular weight is 467 g/mol. The molecule has 0 aromatic heterocycles. The summed E-state index contributed by atoms with van der Waals surface area (Å²) >= 11 is 0. The van der Waals surface area contributed by atoms with E-state index in [1.807, 2.05) is 97.1 Å². The summed E-state index contributed by atoms with van der Waals surface area (Å²) in [6.45, 7) is 1.20. The molecule has 0 bridgehead atoms. The summed E-state index contributed by atoms with van der Waals surface area (Å²) < 4.78 is 11.8. The summed E-state index contributed by atoms with van der Waals surface area (Å²) in [5.74, 6) is 1.29. The van der Waals surface area contributed by atoms with E-state index in [1.165, 1.54) is 5.56 Å². The number of carbonyl (C=O) groups is 1. The van der Waals surface area contributed by atoms with Crippen molar-refractivity contribution in [2.75, 3.05) is 23.8 Å². The Hall–Kier alpha value is -4.25. The number of para-hydroxylation sites is 2. The van der Waals surface area contributed by atoms with Crippen LogP contribution in [0, 0.1) is 0 Å². The Bertz CT molecular complexity index is 1200. The third-order valence-corrected chi connectivity index (χ3v) is 5.40. The second-order valence-electron chi connectivity index (χ2n) is 8.14. The molecule has 0 radical (unpaired) electrons. The number of rotatable bonds is 12. The first kappa shape index (κ1) is 23.9. The van der Waals surface area contributed by atoms with E-state index >= 15 is 0 Å². The van der Waals surface area contributed by atoms with Crippen LogP contribution in [-0.2, 0) is 17.8 Å². The molecule has 0 aliphatic heterocycles. The molecule has 4 rings (SSSR count). The van der Waals surface area contributed by atoms with Gasteiger partial charge in [0.2, 0.25) is 5.91 Å². The molecular formula is C30H30N2O3. The second kappa shape index (κ2) is 12.8. The minimum Gasteiger partial charge on any atom is -0.494 e. The third-order valence-electron chi connectivity index (χ3n) is 5.40. The Labute approximate surface area is 206 Å². The Morgan fingerprint density at radius 2 is 1.43 bits per heavy atom. The lowest BCUT2D eigenvalue weighted by molar-refractivity contribution is -0.114. The average Bonchev–Trinajstić information content (AvgIpc) is 2.91. The zero-order valence-electron chi connectivity index (χ0n) is 19.7. The number of aryl methyl sites for hydroxylation is 1. The van der Waals surface area contributed by atoms with E-state index in [0.29, 0.717) is 24.7 Å². The molecule has 5 heteroatoms. The zero-order valence-corrected chi connectivity index (χ0v) is 19.7. The highest BCUT2D eigenvalue weighted by Gasteiger charge is 2.07. The minimum atomic E-state index is -0.149. The van der Waals surface area contributed by atoms with Crippen molar-refractivity contribution in [3.05, 3.63) is 120 Å². The van der Waals surface area contributed by atoms with Crippen molar-refractivity contribution >= 4 is 17.3 Å². The SMILES string of the molecule is O=C(CNc1ccccc1OCc1ccccc1)Nc1cccc(OCCCc2ccccc2)c1. The standard InChI is InChI=1S/C30H30N2O3/c33-30(22-31-28-18-7-8-19-29(28)35-23-25-13-5-2-6-14-25)32-26-16-9-17-27(21-26)34-20-10-15-24-11-3-1-4-12-24/h1-9,11-14,16-19,21,31H,10,15,20,22-23H2,(H,32,33). The highest BCUT2D eigenvalue weighted by atomic mass is 16.5. The molecule has 5 nitrogen and oxygen atoms in total. The van der Waals surface area contributed by atoms with Gasteiger partial charge in [-0.1, -0.05) is 78.9 Å². The molecular weight excluding hydrogens is 436 g/mol. The largest absolute Gasteiger partial charge is 0.494 e. The fraction of sp³-hybridized carbons (Fsp3) is 0.167. The molecule has 0 aliphatic carbocycles. The lowest BCUT2D eigenvalue weighted by Gasteiger charge is -2.14. The smallest absolute Gasteiger partial charge is 0.243 e. The number of amides is 1. The van der Waals surface area contributed by atoms with Crippen LogP contribution < -0.4 is 20.1 Å². The van der Waals surface area contributed by atoms with E-state index in [9.17, 15) is 4.79 Å². The van der Waals surface area contributed by atoms with Crippen LogP contribution in [0.2, 0.25) is 0 Å². The highest BCUT2D eigenvalue weighted by molar-refractivity contribution is 5.94. The maximum Gasteiger partial charge on any atom is 0.243 e. The van der Waals surface area contributed by atoms with Crippen LogP contribution in [0.4, 0.5) is 11.4 Å². The molecule has 0 unspecified atom stereocenters. The predicted molar refractivity (Wildman–Crippen MR) is 141 cm³/mol. The summed E-state index contributed by atoms with van der Waals surface area (Å²) in [6, 6.07) is 35.4. The van der Waals surface area contributed by atoms with Gasteiger partial charge >= 0.3 is 0 Å². The Balaban J connectivity index is 1.23. The molecule has 4 aromatic rings. The first-order valence-electron chi connectivity index (χ1n) is 11.8. The maximum atomic E-state index is 12.5. The Morgan fingerprint density at radius 3 is 2.23 bits per heavy atom. The van der Waals surface area contributed by atoms with Crippen molar-refractivity contribution in [3.8, 4) is 11.5 Å². The molecule has 0 fully saturated rings. The molecule has 2 N–H and O–H groups in total. The van der Waals surface area contributed by atoms with Gasteiger partial charge in [-0.3, -0.25) is 4.79 Å². The van der Waals surface area contributed by atoms with Gasteiger partial charge in [-0.2, -0.15) is 0 Å². The van der Waals surface area contributed by atoms with E-state index in [2.05, 4.69) is 22.8 Å². The van der Waals surface area contributed by atoms with Crippen LogP contribution in [0.3, 0.4) is 0 Å². The molecule has 4 aromatic carbocycles. The normalized spacial score (nSPS) is 10.4. The lowest BCUT2D eigenvalue weighted by Crippen LogP contribution is -2.22. The summed E-state index contributed by atoms with van der Waals surface area (Å²) in [5.41, 5.74) is 3.86. The number of nitrogens with one attached hydrogen (secondary N) is 2. The van der Waals surface area contributed by atoms with Crippen molar-refractivity contribution in [1.82, 2.24) is 0 Å². The third kappa shape index (κ3) is 7.93. The van der Waals surface area contributed by atoms with Crippen LogP contribution in [0.1, 0.15) is 17.5 Å². The van der Waals surface area contributed by atoms with Crippen molar-refractivity contribution in [3.63, 3.8) is 0 Å². The van der Waals surface area contributed by atoms with E-state index in [0.717, 1.165) is 29.8 Å². The fourth-order valence-corrected chi connectivity index (χ4v) is 3.63. The van der Waals surface area contributed by atoms with E-state index in [1.54, 1.807) is 0 Å². The van der Waals surface area contributed by atoms with Crippen molar-refractivity contribution in [2.24, 2.45) is 0 Å². The quantitative estimate of drug-likeness (QED) is 0.240. The van der Waals surface area contributed by atoms with Gasteiger partial charge in [-0.15, -0.1) is 0 Å². The topological polar surface area (TPSA) is 59.6 Å². The predicted octanol–water partition coefficient (Wildman–Crippen LogP) is 6.33. The van der Waals surface area contributed by atoms with Crippen molar-refractivity contribution < 1.29 is 14.3 Å². The van der Waals surface area contributed by atoms with E-state index in [4.69, 9.17) is 9.47 Å². The van der Waals surface area contributed by atoms with Crippen molar-refractivity contribution in [2.45, 2.75) is 19.4 Å². The first-order chi connectivity index (χ1) is 17.3. The van der Waals surface area contributed by atoms with Crippen LogP contribution in [-0.4, -0.2) is 19.1 Å². The maximum absolute atomic E-state index is 12.5. The fourth-order valence-electron chi connectivity index (χ4n) is 3.63.